The lowest BCUT2D eigenvalue weighted by Gasteiger charge is -2.31. The van der Waals surface area contributed by atoms with E-state index in [1.165, 1.54) is 4.90 Å². The van der Waals surface area contributed by atoms with Gasteiger partial charge in [0.05, 0.1) is 11.4 Å². The standard InChI is InChI=1S/C34H22N2O2/c37-33-28-19-10-18-27-31(35(24-13-3-1-4-14-24)25-15-5-2-6-16-25)22-21-29(32(27)28)34(38)36(33)30-20-9-12-23-11-7-8-17-26(23)30/h1-22H. The van der Waals surface area contributed by atoms with E-state index in [4.69, 9.17) is 0 Å². The van der Waals surface area contributed by atoms with E-state index in [0.717, 1.165) is 33.2 Å². The minimum absolute atomic E-state index is 0.312. The van der Waals surface area contributed by atoms with Crippen molar-refractivity contribution in [1.82, 2.24) is 0 Å². The maximum absolute atomic E-state index is 14.0. The van der Waals surface area contributed by atoms with E-state index < -0.39 is 0 Å². The number of hydrogen-bond acceptors (Lipinski definition) is 3. The summed E-state index contributed by atoms with van der Waals surface area (Å²) < 4.78 is 0. The molecule has 4 nitrogen and oxygen atoms in total. The van der Waals surface area contributed by atoms with E-state index in [1.807, 2.05) is 109 Å². The van der Waals surface area contributed by atoms with Gasteiger partial charge in [0.2, 0.25) is 0 Å². The Balaban J connectivity index is 1.45. The molecule has 7 rings (SSSR count). The van der Waals surface area contributed by atoms with Crippen molar-refractivity contribution in [3.8, 4) is 0 Å². The molecule has 0 N–H and O–H groups in total. The maximum atomic E-state index is 14.0. The number of fused-ring (bicyclic) bond motifs is 1. The van der Waals surface area contributed by atoms with E-state index in [1.54, 1.807) is 0 Å². The van der Waals surface area contributed by atoms with Crippen LogP contribution in [0.25, 0.3) is 21.5 Å². The zero-order valence-electron chi connectivity index (χ0n) is 20.4. The Morgan fingerprint density at radius 2 is 1.03 bits per heavy atom. The Bertz CT molecular complexity index is 1800. The van der Waals surface area contributed by atoms with Gasteiger partial charge in [0.25, 0.3) is 11.8 Å². The number of hydrogen-bond donors (Lipinski definition) is 0. The summed E-state index contributed by atoms with van der Waals surface area (Å²) >= 11 is 0. The smallest absolute Gasteiger partial charge is 0.266 e. The van der Waals surface area contributed by atoms with Gasteiger partial charge in [-0.2, -0.15) is 0 Å². The van der Waals surface area contributed by atoms with Crippen molar-refractivity contribution >= 4 is 56.1 Å². The Morgan fingerprint density at radius 3 is 1.74 bits per heavy atom. The van der Waals surface area contributed by atoms with Crippen LogP contribution in [0.15, 0.2) is 133 Å². The summed E-state index contributed by atoms with van der Waals surface area (Å²) in [6.45, 7) is 0. The molecule has 0 bridgehead atoms. The van der Waals surface area contributed by atoms with Crippen molar-refractivity contribution in [1.29, 1.82) is 0 Å². The largest absolute Gasteiger partial charge is 0.310 e. The number of carbonyl (C=O) groups excluding carboxylic acids is 2. The molecule has 2 amide bonds. The third kappa shape index (κ3) is 3.31. The van der Waals surface area contributed by atoms with Gasteiger partial charge in [-0.25, -0.2) is 4.90 Å². The van der Waals surface area contributed by atoms with Crippen molar-refractivity contribution < 1.29 is 9.59 Å². The molecule has 180 valence electrons. The van der Waals surface area contributed by atoms with E-state index >= 15 is 0 Å². The first kappa shape index (κ1) is 22.0. The van der Waals surface area contributed by atoms with Crippen molar-refractivity contribution in [3.05, 3.63) is 145 Å². The first-order valence-corrected chi connectivity index (χ1v) is 12.5. The van der Waals surface area contributed by atoms with Gasteiger partial charge < -0.3 is 4.90 Å². The van der Waals surface area contributed by atoms with Gasteiger partial charge in [-0.3, -0.25) is 9.59 Å². The number of rotatable bonds is 4. The lowest BCUT2D eigenvalue weighted by molar-refractivity contribution is 0.0894. The van der Waals surface area contributed by atoms with E-state index in [0.29, 0.717) is 22.2 Å². The Morgan fingerprint density at radius 1 is 0.474 bits per heavy atom. The fourth-order valence-electron chi connectivity index (χ4n) is 5.48. The van der Waals surface area contributed by atoms with Crippen molar-refractivity contribution in [3.63, 3.8) is 0 Å². The number of para-hydroxylation sites is 2. The molecule has 6 aromatic rings. The van der Waals surface area contributed by atoms with Crippen LogP contribution in [0.2, 0.25) is 0 Å². The summed E-state index contributed by atoms with van der Waals surface area (Å²) in [5, 5.41) is 3.38. The molecular formula is C34H22N2O2. The lowest BCUT2D eigenvalue weighted by atomic mass is 9.91. The summed E-state index contributed by atoms with van der Waals surface area (Å²) in [6, 6.07) is 43.3. The third-order valence-corrected chi connectivity index (χ3v) is 7.16. The third-order valence-electron chi connectivity index (χ3n) is 7.16. The molecule has 38 heavy (non-hydrogen) atoms. The Hall–Kier alpha value is -5.22. The van der Waals surface area contributed by atoms with Crippen LogP contribution >= 0.6 is 0 Å². The molecule has 0 radical (unpaired) electrons. The molecule has 0 aromatic heterocycles. The summed E-state index contributed by atoms with van der Waals surface area (Å²) in [6.07, 6.45) is 0. The fourth-order valence-corrected chi connectivity index (χ4v) is 5.48. The average Bonchev–Trinajstić information content (AvgIpc) is 2.98. The predicted molar refractivity (Wildman–Crippen MR) is 154 cm³/mol. The molecule has 4 heteroatoms. The number of anilines is 4. The Kier molecular flexibility index (Phi) is 5.05. The molecule has 0 saturated carbocycles. The van der Waals surface area contributed by atoms with Gasteiger partial charge in [-0.1, -0.05) is 84.9 Å². The van der Waals surface area contributed by atoms with E-state index in [2.05, 4.69) is 29.2 Å². The molecule has 0 spiro atoms. The van der Waals surface area contributed by atoms with Crippen LogP contribution in [-0.2, 0) is 0 Å². The van der Waals surface area contributed by atoms with Gasteiger partial charge in [0.1, 0.15) is 0 Å². The van der Waals surface area contributed by atoms with E-state index in [-0.39, 0.29) is 11.8 Å². The molecular weight excluding hydrogens is 468 g/mol. The lowest BCUT2D eigenvalue weighted by Crippen LogP contribution is -2.40. The fraction of sp³-hybridized carbons (Fsp3) is 0. The normalized spacial score (nSPS) is 12.8. The topological polar surface area (TPSA) is 40.6 Å². The summed E-state index contributed by atoms with van der Waals surface area (Å²) in [5.74, 6) is -0.625. The first-order chi connectivity index (χ1) is 18.7. The van der Waals surface area contributed by atoms with Crippen molar-refractivity contribution in [2.45, 2.75) is 0 Å². The minimum Gasteiger partial charge on any atom is -0.310 e. The van der Waals surface area contributed by atoms with Gasteiger partial charge in [0, 0.05) is 38.7 Å². The molecule has 0 saturated heterocycles. The first-order valence-electron chi connectivity index (χ1n) is 12.5. The number of carbonyl (C=O) groups is 2. The van der Waals surface area contributed by atoms with Gasteiger partial charge in [0.15, 0.2) is 0 Å². The second-order valence-corrected chi connectivity index (χ2v) is 9.31. The number of nitrogens with zero attached hydrogens (tertiary/aromatic N) is 2. The molecule has 1 aliphatic rings. The van der Waals surface area contributed by atoms with Crippen LogP contribution < -0.4 is 9.80 Å². The SMILES string of the molecule is O=C1c2cccc3c(N(c4ccccc4)c4ccccc4)ccc(c23)C(=O)N1c1cccc2ccccc12. The highest BCUT2D eigenvalue weighted by atomic mass is 16.2. The van der Waals surface area contributed by atoms with Crippen molar-refractivity contribution in [2.75, 3.05) is 9.80 Å². The van der Waals surface area contributed by atoms with Crippen LogP contribution in [0.3, 0.4) is 0 Å². The molecule has 0 unspecified atom stereocenters. The van der Waals surface area contributed by atoms with Crippen LogP contribution in [0.1, 0.15) is 20.7 Å². The Labute approximate surface area is 220 Å². The van der Waals surface area contributed by atoms with Crippen LogP contribution in [0, 0.1) is 0 Å². The number of amides is 2. The van der Waals surface area contributed by atoms with Crippen molar-refractivity contribution in [2.24, 2.45) is 0 Å². The predicted octanol–water partition coefficient (Wildman–Crippen LogP) is 8.26. The second kappa shape index (κ2) is 8.71. The highest BCUT2D eigenvalue weighted by Gasteiger charge is 2.35. The van der Waals surface area contributed by atoms with E-state index in [9.17, 15) is 9.59 Å². The van der Waals surface area contributed by atoms with Gasteiger partial charge >= 0.3 is 0 Å². The minimum atomic E-state index is -0.312. The number of benzene rings is 6. The highest BCUT2D eigenvalue weighted by Crippen LogP contribution is 2.43. The van der Waals surface area contributed by atoms with Gasteiger partial charge in [-0.15, -0.1) is 0 Å². The summed E-state index contributed by atoms with van der Waals surface area (Å²) in [7, 11) is 0. The molecule has 0 atom stereocenters. The average molecular weight is 491 g/mol. The van der Waals surface area contributed by atoms with Crippen LogP contribution in [-0.4, -0.2) is 11.8 Å². The highest BCUT2D eigenvalue weighted by molar-refractivity contribution is 6.37. The van der Waals surface area contributed by atoms with Crippen LogP contribution in [0.4, 0.5) is 22.7 Å². The molecule has 1 heterocycles. The summed E-state index contributed by atoms with van der Waals surface area (Å²) in [5.41, 5.74) is 4.53. The number of imide groups is 1. The quantitative estimate of drug-likeness (QED) is 0.234. The zero-order valence-corrected chi connectivity index (χ0v) is 20.4. The van der Waals surface area contributed by atoms with Crippen LogP contribution in [0.5, 0.6) is 0 Å². The second-order valence-electron chi connectivity index (χ2n) is 9.31. The monoisotopic (exact) mass is 490 g/mol. The summed E-state index contributed by atoms with van der Waals surface area (Å²) in [4.78, 5) is 31.4. The molecule has 0 aliphatic carbocycles. The molecule has 0 fully saturated rings. The van der Waals surface area contributed by atoms with Gasteiger partial charge in [-0.05, 0) is 53.9 Å². The molecule has 1 aliphatic heterocycles. The maximum Gasteiger partial charge on any atom is 0.266 e. The zero-order chi connectivity index (χ0) is 25.6. The molecule has 6 aromatic carbocycles.